The average molecular weight is 336 g/mol. The second kappa shape index (κ2) is 8.57. The predicted octanol–water partition coefficient (Wildman–Crippen LogP) is 3.47. The van der Waals surface area contributed by atoms with Crippen LogP contribution in [0.4, 0.5) is 10.5 Å². The maximum absolute atomic E-state index is 12.0. The van der Waals surface area contributed by atoms with Crippen LogP contribution in [0.15, 0.2) is 24.3 Å². The largest absolute Gasteiger partial charge is 0.478 e. The molecule has 2 rings (SSSR count). The summed E-state index contributed by atoms with van der Waals surface area (Å²) < 4.78 is 5.35. The fourth-order valence-electron chi connectivity index (χ4n) is 2.39. The first-order valence-electron chi connectivity index (χ1n) is 8.33. The van der Waals surface area contributed by atoms with Gasteiger partial charge in [-0.05, 0) is 32.9 Å². The summed E-state index contributed by atoms with van der Waals surface area (Å²) >= 11 is 0. The Morgan fingerprint density at radius 1 is 1.04 bits per heavy atom. The molecule has 0 spiro atoms. The fraction of sp³-hybridized carbons (Fsp3) is 0.556. The number of para-hydroxylation sites is 1. The fourth-order valence-corrected chi connectivity index (χ4v) is 2.39. The first-order chi connectivity index (χ1) is 11.3. The van der Waals surface area contributed by atoms with Gasteiger partial charge in [-0.2, -0.15) is 0 Å². The van der Waals surface area contributed by atoms with Crippen molar-refractivity contribution in [3.05, 3.63) is 29.8 Å². The van der Waals surface area contributed by atoms with Gasteiger partial charge in [0, 0.05) is 26.2 Å². The van der Waals surface area contributed by atoms with Crippen molar-refractivity contribution >= 4 is 17.7 Å². The highest BCUT2D eigenvalue weighted by molar-refractivity contribution is 5.94. The Balaban J connectivity index is 0.00000139. The first-order valence-corrected chi connectivity index (χ1v) is 8.33. The van der Waals surface area contributed by atoms with Gasteiger partial charge in [0.15, 0.2) is 0 Å². The Hall–Kier alpha value is -2.24. The smallest absolute Gasteiger partial charge is 0.410 e. The number of anilines is 1. The number of rotatable bonds is 2. The molecule has 1 aromatic rings. The normalized spacial score (nSPS) is 14.5. The lowest BCUT2D eigenvalue weighted by atomic mass is 10.1. The topological polar surface area (TPSA) is 70.1 Å². The van der Waals surface area contributed by atoms with E-state index in [1.54, 1.807) is 23.1 Å². The van der Waals surface area contributed by atoms with Crippen molar-refractivity contribution < 1.29 is 19.4 Å². The summed E-state index contributed by atoms with van der Waals surface area (Å²) in [5.41, 5.74) is 0.469. The summed E-state index contributed by atoms with van der Waals surface area (Å²) in [6.45, 7) is 11.7. The zero-order valence-electron chi connectivity index (χ0n) is 15.2. The second-order valence-corrected chi connectivity index (χ2v) is 6.28. The van der Waals surface area contributed by atoms with Gasteiger partial charge in [-0.15, -0.1) is 0 Å². The third-order valence-corrected chi connectivity index (χ3v) is 3.41. The molecule has 1 fully saturated rings. The van der Waals surface area contributed by atoms with E-state index in [0.29, 0.717) is 31.9 Å². The van der Waals surface area contributed by atoms with E-state index in [2.05, 4.69) is 0 Å². The highest BCUT2D eigenvalue weighted by atomic mass is 16.6. The van der Waals surface area contributed by atoms with Crippen molar-refractivity contribution in [1.29, 1.82) is 0 Å². The van der Waals surface area contributed by atoms with E-state index in [0.717, 1.165) is 0 Å². The van der Waals surface area contributed by atoms with Gasteiger partial charge in [-0.1, -0.05) is 26.0 Å². The van der Waals surface area contributed by atoms with E-state index in [4.69, 9.17) is 4.74 Å². The lowest BCUT2D eigenvalue weighted by Crippen LogP contribution is -2.50. The lowest BCUT2D eigenvalue weighted by molar-refractivity contribution is 0.0240. The maximum Gasteiger partial charge on any atom is 0.410 e. The standard InChI is InChI=1S/C16H22N2O4.C2H6/c1-16(2,3)22-15(21)18-10-8-17(9-11-18)13-7-5-4-6-12(13)14(19)20;1-2/h4-7H,8-11H2,1-3H3,(H,19,20);1-2H3. The number of amides is 1. The molecule has 1 aromatic carbocycles. The molecule has 1 N–H and O–H groups in total. The Labute approximate surface area is 144 Å². The number of hydrogen-bond donors (Lipinski definition) is 1. The van der Waals surface area contributed by atoms with Gasteiger partial charge in [0.25, 0.3) is 0 Å². The number of nitrogens with zero attached hydrogens (tertiary/aromatic N) is 2. The molecule has 1 aliphatic rings. The van der Waals surface area contributed by atoms with Crippen molar-refractivity contribution in [2.45, 2.75) is 40.2 Å². The third kappa shape index (κ3) is 5.44. The molecule has 6 heteroatoms. The van der Waals surface area contributed by atoms with Crippen LogP contribution in [0.5, 0.6) is 0 Å². The molecule has 6 nitrogen and oxygen atoms in total. The Morgan fingerprint density at radius 3 is 2.08 bits per heavy atom. The van der Waals surface area contributed by atoms with Gasteiger partial charge in [-0.3, -0.25) is 0 Å². The van der Waals surface area contributed by atoms with E-state index < -0.39 is 11.6 Å². The quantitative estimate of drug-likeness (QED) is 0.895. The highest BCUT2D eigenvalue weighted by Crippen LogP contribution is 2.22. The molecule has 0 atom stereocenters. The SMILES string of the molecule is CC.CC(C)(C)OC(=O)N1CCN(c2ccccc2C(=O)O)CC1. The minimum atomic E-state index is -0.940. The van der Waals surface area contributed by atoms with Crippen molar-refractivity contribution in [3.63, 3.8) is 0 Å². The van der Waals surface area contributed by atoms with Gasteiger partial charge < -0.3 is 19.6 Å². The number of carbonyl (C=O) groups excluding carboxylic acids is 1. The van der Waals surface area contributed by atoms with E-state index in [1.165, 1.54) is 0 Å². The summed E-state index contributed by atoms with van der Waals surface area (Å²) in [6.07, 6.45) is -0.321. The number of carbonyl (C=O) groups is 2. The first kappa shape index (κ1) is 19.8. The van der Waals surface area contributed by atoms with E-state index >= 15 is 0 Å². The summed E-state index contributed by atoms with van der Waals surface area (Å²) in [4.78, 5) is 27.0. The van der Waals surface area contributed by atoms with Crippen LogP contribution in [0.2, 0.25) is 0 Å². The van der Waals surface area contributed by atoms with Gasteiger partial charge in [0.1, 0.15) is 5.60 Å². The number of carboxylic acid groups (broad SMARTS) is 1. The number of piperazine rings is 1. The molecular weight excluding hydrogens is 308 g/mol. The molecule has 0 bridgehead atoms. The molecule has 0 radical (unpaired) electrons. The molecule has 0 unspecified atom stereocenters. The van der Waals surface area contributed by atoms with Crippen molar-refractivity contribution in [3.8, 4) is 0 Å². The zero-order chi connectivity index (χ0) is 18.3. The van der Waals surface area contributed by atoms with E-state index in [1.807, 2.05) is 45.6 Å². The molecule has 0 aromatic heterocycles. The summed E-state index contributed by atoms with van der Waals surface area (Å²) in [7, 11) is 0. The molecule has 24 heavy (non-hydrogen) atoms. The van der Waals surface area contributed by atoms with Crippen LogP contribution in [-0.2, 0) is 4.74 Å². The second-order valence-electron chi connectivity index (χ2n) is 6.28. The third-order valence-electron chi connectivity index (χ3n) is 3.41. The van der Waals surface area contributed by atoms with Crippen LogP contribution in [-0.4, -0.2) is 53.8 Å². The minimum absolute atomic E-state index is 0.285. The Morgan fingerprint density at radius 2 is 1.58 bits per heavy atom. The summed E-state index contributed by atoms with van der Waals surface area (Å²) in [5.74, 6) is -0.940. The van der Waals surface area contributed by atoms with Gasteiger partial charge in [0.2, 0.25) is 0 Å². The summed E-state index contributed by atoms with van der Waals surface area (Å²) in [6, 6.07) is 6.93. The molecule has 0 saturated carbocycles. The Kier molecular flexibility index (Phi) is 7.07. The summed E-state index contributed by atoms with van der Waals surface area (Å²) in [5, 5.41) is 9.25. The van der Waals surface area contributed by atoms with Crippen LogP contribution < -0.4 is 4.90 Å². The van der Waals surface area contributed by atoms with Crippen molar-refractivity contribution in [2.75, 3.05) is 31.1 Å². The Bertz CT molecular complexity index is 558. The van der Waals surface area contributed by atoms with E-state index in [9.17, 15) is 14.7 Å². The number of aromatic carboxylic acids is 1. The molecule has 1 amide bonds. The van der Waals surface area contributed by atoms with Crippen LogP contribution in [0.25, 0.3) is 0 Å². The predicted molar refractivity (Wildman–Crippen MR) is 94.8 cm³/mol. The molecule has 1 aliphatic heterocycles. The van der Waals surface area contributed by atoms with Gasteiger partial charge in [-0.25, -0.2) is 9.59 Å². The number of ether oxygens (including phenoxy) is 1. The molecular formula is C18H28N2O4. The number of benzene rings is 1. The molecule has 1 saturated heterocycles. The van der Waals surface area contributed by atoms with Crippen LogP contribution in [0, 0.1) is 0 Å². The molecule has 0 aliphatic carbocycles. The molecule has 134 valence electrons. The number of carboxylic acids is 1. The van der Waals surface area contributed by atoms with E-state index in [-0.39, 0.29) is 11.7 Å². The average Bonchev–Trinajstić information content (AvgIpc) is 2.55. The zero-order valence-corrected chi connectivity index (χ0v) is 15.2. The van der Waals surface area contributed by atoms with Crippen LogP contribution >= 0.6 is 0 Å². The monoisotopic (exact) mass is 336 g/mol. The number of hydrogen-bond acceptors (Lipinski definition) is 4. The van der Waals surface area contributed by atoms with Crippen molar-refractivity contribution in [1.82, 2.24) is 4.90 Å². The lowest BCUT2D eigenvalue weighted by Gasteiger charge is -2.37. The van der Waals surface area contributed by atoms with Gasteiger partial charge in [0.05, 0.1) is 11.3 Å². The molecule has 1 heterocycles. The van der Waals surface area contributed by atoms with Crippen LogP contribution in [0.3, 0.4) is 0 Å². The van der Waals surface area contributed by atoms with Gasteiger partial charge >= 0.3 is 12.1 Å². The van der Waals surface area contributed by atoms with Crippen molar-refractivity contribution in [2.24, 2.45) is 0 Å². The highest BCUT2D eigenvalue weighted by Gasteiger charge is 2.27. The van der Waals surface area contributed by atoms with Crippen LogP contribution in [0.1, 0.15) is 45.0 Å². The maximum atomic E-state index is 12.0. The minimum Gasteiger partial charge on any atom is -0.478 e.